The summed E-state index contributed by atoms with van der Waals surface area (Å²) in [6, 6.07) is 9.85. The lowest BCUT2D eigenvalue weighted by molar-refractivity contribution is -0.191. The fourth-order valence-corrected chi connectivity index (χ4v) is 1.97. The zero-order valence-corrected chi connectivity index (χ0v) is 11.2. The Kier molecular flexibility index (Phi) is 3.89. The SMILES string of the molecule is CC1(COCc2ccccc2)COC(C)(C(N)=O)O1. The van der Waals surface area contributed by atoms with E-state index < -0.39 is 17.3 Å². The van der Waals surface area contributed by atoms with Crippen molar-refractivity contribution in [3.05, 3.63) is 35.9 Å². The van der Waals surface area contributed by atoms with Crippen molar-refractivity contribution in [2.75, 3.05) is 13.2 Å². The molecule has 1 aromatic carbocycles. The number of primary amides is 1. The fraction of sp³-hybridized carbons (Fsp3) is 0.500. The molecule has 5 nitrogen and oxygen atoms in total. The zero-order chi connectivity index (χ0) is 13.9. The highest BCUT2D eigenvalue weighted by Crippen LogP contribution is 2.31. The number of ether oxygens (including phenoxy) is 3. The van der Waals surface area contributed by atoms with E-state index >= 15 is 0 Å². The molecule has 2 rings (SSSR count). The first-order valence-electron chi connectivity index (χ1n) is 6.19. The Labute approximate surface area is 112 Å². The number of benzene rings is 1. The molecule has 1 fully saturated rings. The molecule has 1 heterocycles. The predicted molar refractivity (Wildman–Crippen MR) is 69.1 cm³/mol. The summed E-state index contributed by atoms with van der Waals surface area (Å²) in [7, 11) is 0. The van der Waals surface area contributed by atoms with Crippen molar-refractivity contribution in [2.24, 2.45) is 5.73 Å². The van der Waals surface area contributed by atoms with Crippen molar-refractivity contribution < 1.29 is 19.0 Å². The van der Waals surface area contributed by atoms with Crippen molar-refractivity contribution in [2.45, 2.75) is 31.8 Å². The van der Waals surface area contributed by atoms with E-state index in [0.717, 1.165) is 5.56 Å². The van der Waals surface area contributed by atoms with E-state index in [-0.39, 0.29) is 6.61 Å². The van der Waals surface area contributed by atoms with Crippen LogP contribution in [0.15, 0.2) is 30.3 Å². The summed E-state index contributed by atoms with van der Waals surface area (Å²) in [6.45, 7) is 4.48. The van der Waals surface area contributed by atoms with Gasteiger partial charge in [0.05, 0.1) is 19.8 Å². The number of rotatable bonds is 5. The second kappa shape index (κ2) is 5.28. The fourth-order valence-electron chi connectivity index (χ4n) is 1.97. The van der Waals surface area contributed by atoms with E-state index in [1.165, 1.54) is 6.92 Å². The highest BCUT2D eigenvalue weighted by Gasteiger charge is 2.49. The second-order valence-electron chi connectivity index (χ2n) is 5.13. The smallest absolute Gasteiger partial charge is 0.277 e. The van der Waals surface area contributed by atoms with Crippen molar-refractivity contribution in [3.63, 3.8) is 0 Å². The lowest BCUT2D eigenvalue weighted by atomic mass is 10.1. The number of carbonyl (C=O) groups is 1. The summed E-state index contributed by atoms with van der Waals surface area (Å²) in [6.07, 6.45) is 0. The number of hydrogen-bond donors (Lipinski definition) is 1. The Hall–Kier alpha value is -1.43. The molecule has 1 aromatic rings. The van der Waals surface area contributed by atoms with E-state index in [1.54, 1.807) is 0 Å². The minimum Gasteiger partial charge on any atom is -0.374 e. The van der Waals surface area contributed by atoms with Gasteiger partial charge in [-0.2, -0.15) is 0 Å². The normalized spacial score (nSPS) is 30.4. The summed E-state index contributed by atoms with van der Waals surface area (Å²) in [5, 5.41) is 0. The molecule has 1 aliphatic heterocycles. The molecule has 19 heavy (non-hydrogen) atoms. The van der Waals surface area contributed by atoms with E-state index in [1.807, 2.05) is 37.3 Å². The largest absolute Gasteiger partial charge is 0.374 e. The highest BCUT2D eigenvalue weighted by molar-refractivity contribution is 5.81. The van der Waals surface area contributed by atoms with Gasteiger partial charge in [-0.15, -0.1) is 0 Å². The summed E-state index contributed by atoms with van der Waals surface area (Å²) in [5.74, 6) is -1.98. The molecule has 0 aromatic heterocycles. The van der Waals surface area contributed by atoms with Crippen LogP contribution < -0.4 is 5.73 Å². The molecule has 0 bridgehead atoms. The maximum absolute atomic E-state index is 11.2. The molecular weight excluding hydrogens is 246 g/mol. The van der Waals surface area contributed by atoms with Crippen LogP contribution in [0.5, 0.6) is 0 Å². The lowest BCUT2D eigenvalue weighted by Gasteiger charge is -2.25. The lowest BCUT2D eigenvalue weighted by Crippen LogP contribution is -2.45. The molecule has 1 amide bonds. The van der Waals surface area contributed by atoms with Crippen molar-refractivity contribution >= 4 is 5.91 Å². The van der Waals surface area contributed by atoms with Crippen molar-refractivity contribution in [3.8, 4) is 0 Å². The topological polar surface area (TPSA) is 70.8 Å². The summed E-state index contributed by atoms with van der Waals surface area (Å²) < 4.78 is 16.6. The predicted octanol–water partition coefficient (Wildman–Crippen LogP) is 1.21. The van der Waals surface area contributed by atoms with Crippen LogP contribution in [0.25, 0.3) is 0 Å². The van der Waals surface area contributed by atoms with Gasteiger partial charge in [-0.25, -0.2) is 0 Å². The first-order chi connectivity index (χ1) is 8.94. The van der Waals surface area contributed by atoms with Gasteiger partial charge in [-0.3, -0.25) is 4.79 Å². The molecule has 1 saturated heterocycles. The Morgan fingerprint density at radius 3 is 2.63 bits per heavy atom. The van der Waals surface area contributed by atoms with Crippen LogP contribution in [-0.4, -0.2) is 30.5 Å². The summed E-state index contributed by atoms with van der Waals surface area (Å²) >= 11 is 0. The van der Waals surface area contributed by atoms with Gasteiger partial charge >= 0.3 is 0 Å². The van der Waals surface area contributed by atoms with Gasteiger partial charge in [0.2, 0.25) is 5.79 Å². The third-order valence-electron chi connectivity index (χ3n) is 3.06. The molecule has 5 heteroatoms. The number of hydrogen-bond acceptors (Lipinski definition) is 4. The number of carbonyl (C=O) groups excluding carboxylic acids is 1. The van der Waals surface area contributed by atoms with Crippen molar-refractivity contribution in [1.29, 1.82) is 0 Å². The van der Waals surface area contributed by atoms with E-state index in [2.05, 4.69) is 0 Å². The third kappa shape index (κ3) is 3.32. The highest BCUT2D eigenvalue weighted by atomic mass is 16.8. The van der Waals surface area contributed by atoms with Crippen LogP contribution in [-0.2, 0) is 25.6 Å². The number of nitrogens with two attached hydrogens (primary N) is 1. The van der Waals surface area contributed by atoms with Gasteiger partial charge < -0.3 is 19.9 Å². The summed E-state index contributed by atoms with van der Waals surface area (Å²) in [4.78, 5) is 11.2. The van der Waals surface area contributed by atoms with Crippen LogP contribution in [0.3, 0.4) is 0 Å². The molecule has 0 aliphatic carbocycles. The van der Waals surface area contributed by atoms with E-state index in [9.17, 15) is 4.79 Å². The van der Waals surface area contributed by atoms with Gasteiger partial charge in [-0.1, -0.05) is 30.3 Å². The van der Waals surface area contributed by atoms with Gasteiger partial charge in [0.1, 0.15) is 5.60 Å². The van der Waals surface area contributed by atoms with Crippen molar-refractivity contribution in [1.82, 2.24) is 0 Å². The Morgan fingerprint density at radius 2 is 2.05 bits per heavy atom. The average Bonchev–Trinajstić information content (AvgIpc) is 2.69. The molecule has 1 aliphatic rings. The maximum atomic E-state index is 11.2. The van der Waals surface area contributed by atoms with Gasteiger partial charge in [-0.05, 0) is 19.4 Å². The Bertz CT molecular complexity index is 450. The van der Waals surface area contributed by atoms with Crippen LogP contribution >= 0.6 is 0 Å². The monoisotopic (exact) mass is 265 g/mol. The maximum Gasteiger partial charge on any atom is 0.277 e. The molecule has 0 saturated carbocycles. The third-order valence-corrected chi connectivity index (χ3v) is 3.06. The molecular formula is C14H19NO4. The Morgan fingerprint density at radius 1 is 1.37 bits per heavy atom. The van der Waals surface area contributed by atoms with E-state index in [4.69, 9.17) is 19.9 Å². The second-order valence-corrected chi connectivity index (χ2v) is 5.13. The van der Waals surface area contributed by atoms with Gasteiger partial charge in [0.25, 0.3) is 5.91 Å². The molecule has 0 spiro atoms. The average molecular weight is 265 g/mol. The van der Waals surface area contributed by atoms with Crippen LogP contribution in [0, 0.1) is 0 Å². The molecule has 2 unspecified atom stereocenters. The van der Waals surface area contributed by atoms with E-state index in [0.29, 0.717) is 13.2 Å². The molecule has 2 N–H and O–H groups in total. The van der Waals surface area contributed by atoms with Crippen LogP contribution in [0.1, 0.15) is 19.4 Å². The molecule has 2 atom stereocenters. The first-order valence-corrected chi connectivity index (χ1v) is 6.19. The Balaban J connectivity index is 1.85. The number of amides is 1. The minimum atomic E-state index is -1.36. The standard InChI is InChI=1S/C14H19NO4/c1-13(10-18-14(2,19-13)12(15)16)9-17-8-11-6-4-3-5-7-11/h3-7H,8-10H2,1-2H3,(H2,15,16). The van der Waals surface area contributed by atoms with Gasteiger partial charge in [0, 0.05) is 0 Å². The molecule has 104 valence electrons. The van der Waals surface area contributed by atoms with Gasteiger partial charge in [0.15, 0.2) is 0 Å². The quantitative estimate of drug-likeness (QED) is 0.868. The first kappa shape index (κ1) is 14.0. The summed E-state index contributed by atoms with van der Waals surface area (Å²) in [5.41, 5.74) is 5.67. The molecule has 0 radical (unpaired) electrons. The minimum absolute atomic E-state index is 0.279. The van der Waals surface area contributed by atoms with Crippen LogP contribution in [0.2, 0.25) is 0 Å². The van der Waals surface area contributed by atoms with Crippen LogP contribution in [0.4, 0.5) is 0 Å². The zero-order valence-electron chi connectivity index (χ0n) is 11.2.